The summed E-state index contributed by atoms with van der Waals surface area (Å²) >= 11 is 0. The van der Waals surface area contributed by atoms with Crippen LogP contribution in [-0.4, -0.2) is 30.2 Å². The van der Waals surface area contributed by atoms with Crippen molar-refractivity contribution in [2.75, 3.05) is 14.2 Å². The van der Waals surface area contributed by atoms with E-state index in [2.05, 4.69) is 14.7 Å². The number of aromatic amines is 1. The summed E-state index contributed by atoms with van der Waals surface area (Å²) in [5.74, 6) is 0.113. The Labute approximate surface area is 98.4 Å². The number of methoxy groups -OCH3 is 2. The van der Waals surface area contributed by atoms with Crippen molar-refractivity contribution in [1.29, 1.82) is 0 Å². The lowest BCUT2D eigenvalue weighted by molar-refractivity contribution is 0.0595. The summed E-state index contributed by atoms with van der Waals surface area (Å²) < 4.78 is 9.78. The lowest BCUT2D eigenvalue weighted by Gasteiger charge is -2.03. The Bertz CT molecular complexity index is 534. The number of nitrogens with zero attached hydrogens (tertiary/aromatic N) is 1. The van der Waals surface area contributed by atoms with Crippen LogP contribution < -0.4 is 4.74 Å². The summed E-state index contributed by atoms with van der Waals surface area (Å²) in [6, 6.07) is 5.38. The van der Waals surface area contributed by atoms with Crippen LogP contribution in [0.3, 0.4) is 0 Å². The number of rotatable bonds is 3. The van der Waals surface area contributed by atoms with E-state index >= 15 is 0 Å². The zero-order valence-electron chi connectivity index (χ0n) is 9.56. The maximum absolute atomic E-state index is 11.3. The summed E-state index contributed by atoms with van der Waals surface area (Å²) in [5, 5.41) is 0. The lowest BCUT2D eigenvalue weighted by atomic mass is 10.1. The molecule has 5 nitrogen and oxygen atoms in total. The van der Waals surface area contributed by atoms with Gasteiger partial charge >= 0.3 is 5.97 Å². The molecule has 0 aliphatic heterocycles. The number of H-pyrrole nitrogens is 1. The third-order valence-electron chi connectivity index (χ3n) is 2.36. The first kappa shape index (κ1) is 11.2. The zero-order chi connectivity index (χ0) is 12.3. The normalized spacial score (nSPS) is 10.0. The van der Waals surface area contributed by atoms with Crippen molar-refractivity contribution in [2.45, 2.75) is 0 Å². The topological polar surface area (TPSA) is 64.2 Å². The van der Waals surface area contributed by atoms with Crippen LogP contribution in [0.1, 0.15) is 10.5 Å². The van der Waals surface area contributed by atoms with Gasteiger partial charge in [0.25, 0.3) is 0 Å². The number of carbonyl (C=O) groups excluding carboxylic acids is 1. The summed E-state index contributed by atoms with van der Waals surface area (Å²) in [5.41, 5.74) is 2.05. The van der Waals surface area contributed by atoms with Crippen molar-refractivity contribution in [2.24, 2.45) is 0 Å². The molecule has 0 amide bonds. The van der Waals surface area contributed by atoms with Gasteiger partial charge in [0.1, 0.15) is 5.69 Å². The van der Waals surface area contributed by atoms with Gasteiger partial charge in [-0.2, -0.15) is 0 Å². The quantitative estimate of drug-likeness (QED) is 0.820. The maximum Gasteiger partial charge on any atom is 0.354 e. The molecule has 17 heavy (non-hydrogen) atoms. The van der Waals surface area contributed by atoms with Crippen LogP contribution in [-0.2, 0) is 4.74 Å². The number of hydrogen-bond acceptors (Lipinski definition) is 4. The second-order valence-electron chi connectivity index (χ2n) is 3.35. The third kappa shape index (κ3) is 2.13. The van der Waals surface area contributed by atoms with Gasteiger partial charge in [-0.3, -0.25) is 0 Å². The van der Waals surface area contributed by atoms with E-state index in [1.165, 1.54) is 7.11 Å². The first-order valence-corrected chi connectivity index (χ1v) is 5.02. The second-order valence-corrected chi connectivity index (χ2v) is 3.35. The third-order valence-corrected chi connectivity index (χ3v) is 2.36. The Morgan fingerprint density at radius 2 is 2.24 bits per heavy atom. The highest BCUT2D eigenvalue weighted by Crippen LogP contribution is 2.27. The molecule has 2 aromatic heterocycles. The summed E-state index contributed by atoms with van der Waals surface area (Å²) in [7, 11) is 2.90. The van der Waals surface area contributed by atoms with E-state index in [-0.39, 0.29) is 0 Å². The van der Waals surface area contributed by atoms with Crippen LogP contribution in [0, 0.1) is 0 Å². The van der Waals surface area contributed by atoms with Crippen LogP contribution in [0.2, 0.25) is 0 Å². The minimum atomic E-state index is -0.404. The number of carbonyl (C=O) groups is 1. The number of ether oxygens (including phenoxy) is 2. The Balaban J connectivity index is 2.40. The molecule has 0 aromatic carbocycles. The van der Waals surface area contributed by atoms with Crippen molar-refractivity contribution < 1.29 is 14.3 Å². The smallest absolute Gasteiger partial charge is 0.354 e. The van der Waals surface area contributed by atoms with Gasteiger partial charge in [-0.1, -0.05) is 0 Å². The van der Waals surface area contributed by atoms with Gasteiger partial charge in [0.05, 0.1) is 14.2 Å². The molecule has 0 saturated heterocycles. The van der Waals surface area contributed by atoms with Gasteiger partial charge in [0.2, 0.25) is 5.88 Å². The fraction of sp³-hybridized carbons (Fsp3) is 0.167. The molecule has 0 fully saturated rings. The minimum absolute atomic E-state index is 0.397. The largest absolute Gasteiger partial charge is 0.481 e. The first-order chi connectivity index (χ1) is 8.26. The molecule has 2 aromatic rings. The van der Waals surface area contributed by atoms with E-state index in [1.54, 1.807) is 25.6 Å². The number of hydrogen-bond donors (Lipinski definition) is 1. The van der Waals surface area contributed by atoms with Crippen molar-refractivity contribution in [3.63, 3.8) is 0 Å². The van der Waals surface area contributed by atoms with Gasteiger partial charge in [0.15, 0.2) is 0 Å². The standard InChI is InChI=1S/C12H12N2O3/c1-16-11-9(4-3-5-13-11)8-6-10(14-7-8)12(15)17-2/h3-7,14H,1-2H3. The Kier molecular flexibility index (Phi) is 3.09. The molecule has 0 aliphatic rings. The molecule has 0 radical (unpaired) electrons. The van der Waals surface area contributed by atoms with Gasteiger partial charge in [-0.05, 0) is 18.2 Å². The van der Waals surface area contributed by atoms with E-state index in [0.29, 0.717) is 11.6 Å². The van der Waals surface area contributed by atoms with E-state index < -0.39 is 5.97 Å². The predicted molar refractivity (Wildman–Crippen MR) is 61.9 cm³/mol. The average molecular weight is 232 g/mol. The molecular weight excluding hydrogens is 220 g/mol. The molecule has 0 unspecified atom stereocenters. The average Bonchev–Trinajstić information content (AvgIpc) is 2.87. The first-order valence-electron chi connectivity index (χ1n) is 5.02. The molecule has 1 N–H and O–H groups in total. The van der Waals surface area contributed by atoms with Gasteiger partial charge < -0.3 is 14.5 Å². The van der Waals surface area contributed by atoms with Crippen LogP contribution in [0.4, 0.5) is 0 Å². The molecule has 0 spiro atoms. The highest BCUT2D eigenvalue weighted by Gasteiger charge is 2.12. The maximum atomic E-state index is 11.3. The lowest BCUT2D eigenvalue weighted by Crippen LogP contribution is -2.00. The number of nitrogens with one attached hydrogen (secondary N) is 1. The molecule has 5 heteroatoms. The molecule has 0 bridgehead atoms. The number of pyridine rings is 1. The summed E-state index contributed by atoms with van der Waals surface area (Å²) in [6.07, 6.45) is 3.36. The van der Waals surface area contributed by atoms with Crippen LogP contribution in [0.15, 0.2) is 30.6 Å². The zero-order valence-corrected chi connectivity index (χ0v) is 9.56. The molecule has 0 aliphatic carbocycles. The second kappa shape index (κ2) is 4.69. The molecule has 2 rings (SSSR count). The Morgan fingerprint density at radius 3 is 2.94 bits per heavy atom. The molecule has 2 heterocycles. The predicted octanol–water partition coefficient (Wildman–Crippen LogP) is 1.87. The van der Waals surface area contributed by atoms with Gasteiger partial charge in [-0.25, -0.2) is 9.78 Å². The summed E-state index contributed by atoms with van der Waals surface area (Å²) in [6.45, 7) is 0. The minimum Gasteiger partial charge on any atom is -0.481 e. The van der Waals surface area contributed by atoms with E-state index in [4.69, 9.17) is 4.74 Å². The Morgan fingerprint density at radius 1 is 1.41 bits per heavy atom. The fourth-order valence-corrected chi connectivity index (χ4v) is 1.55. The number of aromatic nitrogens is 2. The molecular formula is C12H12N2O3. The highest BCUT2D eigenvalue weighted by atomic mass is 16.5. The van der Waals surface area contributed by atoms with Crippen LogP contribution >= 0.6 is 0 Å². The van der Waals surface area contributed by atoms with Crippen molar-refractivity contribution in [1.82, 2.24) is 9.97 Å². The molecule has 0 atom stereocenters. The van der Waals surface area contributed by atoms with Crippen molar-refractivity contribution in [3.8, 4) is 17.0 Å². The monoisotopic (exact) mass is 232 g/mol. The van der Waals surface area contributed by atoms with Crippen molar-refractivity contribution in [3.05, 3.63) is 36.3 Å². The highest BCUT2D eigenvalue weighted by molar-refractivity contribution is 5.89. The number of esters is 1. The van der Waals surface area contributed by atoms with E-state index in [0.717, 1.165) is 11.1 Å². The van der Waals surface area contributed by atoms with Gasteiger partial charge in [-0.15, -0.1) is 0 Å². The molecule has 0 saturated carbocycles. The fourth-order valence-electron chi connectivity index (χ4n) is 1.55. The van der Waals surface area contributed by atoms with Crippen LogP contribution in [0.5, 0.6) is 5.88 Å². The SMILES string of the molecule is COC(=O)c1cc(-c2cccnc2OC)c[nH]1. The van der Waals surface area contributed by atoms with E-state index in [1.807, 2.05) is 12.1 Å². The van der Waals surface area contributed by atoms with Gasteiger partial charge in [0, 0.05) is 23.5 Å². The Hall–Kier alpha value is -2.30. The molecule has 88 valence electrons. The van der Waals surface area contributed by atoms with E-state index in [9.17, 15) is 4.79 Å². The van der Waals surface area contributed by atoms with Crippen LogP contribution in [0.25, 0.3) is 11.1 Å². The van der Waals surface area contributed by atoms with Crippen molar-refractivity contribution >= 4 is 5.97 Å². The summed E-state index contributed by atoms with van der Waals surface area (Å²) in [4.78, 5) is 18.3.